The van der Waals surface area contributed by atoms with Crippen molar-refractivity contribution in [2.75, 3.05) is 19.1 Å². The van der Waals surface area contributed by atoms with E-state index < -0.39 is 0 Å². The molecule has 0 aliphatic rings. The zero-order valence-corrected chi connectivity index (χ0v) is 11.5. The molecular formula is C15H14ClNO2. The fourth-order valence-electron chi connectivity index (χ4n) is 1.93. The highest BCUT2D eigenvalue weighted by atomic mass is 35.5. The summed E-state index contributed by atoms with van der Waals surface area (Å²) in [6.45, 7) is 0. The van der Waals surface area contributed by atoms with E-state index in [9.17, 15) is 4.79 Å². The van der Waals surface area contributed by atoms with Gasteiger partial charge in [0.05, 0.1) is 17.8 Å². The topological polar surface area (TPSA) is 29.5 Å². The number of halogens is 1. The summed E-state index contributed by atoms with van der Waals surface area (Å²) in [7, 11) is 3.48. The van der Waals surface area contributed by atoms with E-state index in [1.165, 1.54) is 0 Å². The standard InChI is InChI=1S/C15H14ClNO2/c1-17(12-6-4-7-13(9-12)19-2)15-11(10-18)5-3-8-14(15)16/h3-10H,1-2H3. The highest BCUT2D eigenvalue weighted by molar-refractivity contribution is 6.34. The normalized spacial score (nSPS) is 10.1. The molecular weight excluding hydrogens is 262 g/mol. The maximum absolute atomic E-state index is 11.1. The van der Waals surface area contributed by atoms with Gasteiger partial charge in [0.2, 0.25) is 0 Å². The number of carbonyl (C=O) groups excluding carboxylic acids is 1. The summed E-state index contributed by atoms with van der Waals surface area (Å²) in [6.07, 6.45) is 0.803. The summed E-state index contributed by atoms with van der Waals surface area (Å²) in [5.41, 5.74) is 2.14. The summed E-state index contributed by atoms with van der Waals surface area (Å²) in [6, 6.07) is 12.8. The molecule has 0 heterocycles. The van der Waals surface area contributed by atoms with Crippen LogP contribution >= 0.6 is 11.6 Å². The second kappa shape index (κ2) is 5.76. The first-order valence-electron chi connectivity index (χ1n) is 5.79. The Kier molecular flexibility index (Phi) is 4.07. The van der Waals surface area contributed by atoms with Gasteiger partial charge in [0.1, 0.15) is 5.75 Å². The molecule has 98 valence electrons. The van der Waals surface area contributed by atoms with Crippen LogP contribution in [0.25, 0.3) is 0 Å². The summed E-state index contributed by atoms with van der Waals surface area (Å²) < 4.78 is 5.20. The molecule has 2 aromatic rings. The Hall–Kier alpha value is -2.00. The van der Waals surface area contributed by atoms with Crippen molar-refractivity contribution in [2.45, 2.75) is 0 Å². The number of anilines is 2. The van der Waals surface area contributed by atoms with Gasteiger partial charge in [-0.15, -0.1) is 0 Å². The SMILES string of the molecule is COc1cccc(N(C)c2c(Cl)cccc2C=O)c1. The van der Waals surface area contributed by atoms with Gasteiger partial charge in [-0.05, 0) is 24.3 Å². The second-order valence-electron chi connectivity index (χ2n) is 4.06. The molecule has 0 aliphatic carbocycles. The van der Waals surface area contributed by atoms with Crippen LogP contribution in [0.3, 0.4) is 0 Å². The van der Waals surface area contributed by atoms with Gasteiger partial charge in [-0.3, -0.25) is 4.79 Å². The quantitative estimate of drug-likeness (QED) is 0.792. The van der Waals surface area contributed by atoms with Crippen LogP contribution in [0, 0.1) is 0 Å². The minimum atomic E-state index is 0.537. The van der Waals surface area contributed by atoms with Crippen molar-refractivity contribution in [3.05, 3.63) is 53.1 Å². The number of para-hydroxylation sites is 1. The van der Waals surface area contributed by atoms with Crippen molar-refractivity contribution < 1.29 is 9.53 Å². The van der Waals surface area contributed by atoms with E-state index >= 15 is 0 Å². The Balaban J connectivity index is 2.49. The predicted molar refractivity (Wildman–Crippen MR) is 77.9 cm³/mol. The molecule has 0 fully saturated rings. The number of aldehydes is 1. The van der Waals surface area contributed by atoms with E-state index in [1.807, 2.05) is 36.2 Å². The number of benzene rings is 2. The molecule has 0 unspecified atom stereocenters. The van der Waals surface area contributed by atoms with E-state index in [-0.39, 0.29) is 0 Å². The van der Waals surface area contributed by atoms with E-state index in [4.69, 9.17) is 16.3 Å². The predicted octanol–water partition coefficient (Wildman–Crippen LogP) is 3.93. The van der Waals surface area contributed by atoms with Gasteiger partial charge in [-0.1, -0.05) is 23.7 Å². The Morgan fingerprint density at radius 3 is 2.63 bits per heavy atom. The lowest BCUT2D eigenvalue weighted by molar-refractivity contribution is 0.112. The molecule has 0 saturated carbocycles. The number of nitrogens with zero attached hydrogens (tertiary/aromatic N) is 1. The molecule has 3 nitrogen and oxygen atoms in total. The van der Waals surface area contributed by atoms with Crippen LogP contribution in [0.15, 0.2) is 42.5 Å². The van der Waals surface area contributed by atoms with Crippen LogP contribution in [-0.2, 0) is 0 Å². The highest BCUT2D eigenvalue weighted by Crippen LogP contribution is 2.34. The van der Waals surface area contributed by atoms with Crippen molar-refractivity contribution in [1.29, 1.82) is 0 Å². The lowest BCUT2D eigenvalue weighted by Crippen LogP contribution is -2.12. The van der Waals surface area contributed by atoms with E-state index in [1.54, 1.807) is 25.3 Å². The third-order valence-electron chi connectivity index (χ3n) is 2.92. The van der Waals surface area contributed by atoms with Crippen LogP contribution in [0.2, 0.25) is 5.02 Å². The Morgan fingerprint density at radius 2 is 1.95 bits per heavy atom. The van der Waals surface area contributed by atoms with Gasteiger partial charge in [0, 0.05) is 24.4 Å². The third kappa shape index (κ3) is 2.71. The smallest absolute Gasteiger partial charge is 0.152 e. The summed E-state index contributed by atoms with van der Waals surface area (Å²) >= 11 is 6.19. The third-order valence-corrected chi connectivity index (χ3v) is 3.23. The Labute approximate surface area is 117 Å². The minimum absolute atomic E-state index is 0.537. The lowest BCUT2D eigenvalue weighted by Gasteiger charge is -2.22. The first-order chi connectivity index (χ1) is 9.17. The van der Waals surface area contributed by atoms with E-state index in [2.05, 4.69) is 0 Å². The van der Waals surface area contributed by atoms with Gasteiger partial charge in [-0.25, -0.2) is 0 Å². The van der Waals surface area contributed by atoms with Gasteiger partial charge in [-0.2, -0.15) is 0 Å². The number of hydrogen-bond acceptors (Lipinski definition) is 3. The molecule has 0 bridgehead atoms. The van der Waals surface area contributed by atoms with Crippen molar-refractivity contribution in [2.24, 2.45) is 0 Å². The Morgan fingerprint density at radius 1 is 1.21 bits per heavy atom. The lowest BCUT2D eigenvalue weighted by atomic mass is 10.1. The molecule has 0 amide bonds. The van der Waals surface area contributed by atoms with Crippen molar-refractivity contribution >= 4 is 29.3 Å². The van der Waals surface area contributed by atoms with Gasteiger partial charge < -0.3 is 9.64 Å². The minimum Gasteiger partial charge on any atom is -0.497 e. The highest BCUT2D eigenvalue weighted by Gasteiger charge is 2.13. The number of methoxy groups -OCH3 is 1. The molecule has 2 aromatic carbocycles. The molecule has 0 radical (unpaired) electrons. The van der Waals surface area contributed by atoms with E-state index in [0.717, 1.165) is 17.7 Å². The molecule has 2 rings (SSSR count). The number of hydrogen-bond donors (Lipinski definition) is 0. The number of ether oxygens (including phenoxy) is 1. The second-order valence-corrected chi connectivity index (χ2v) is 4.46. The van der Waals surface area contributed by atoms with Crippen LogP contribution in [0.5, 0.6) is 5.75 Å². The van der Waals surface area contributed by atoms with Crippen LogP contribution in [0.4, 0.5) is 11.4 Å². The fourth-order valence-corrected chi connectivity index (χ4v) is 2.24. The molecule has 0 aromatic heterocycles. The molecule has 0 aliphatic heterocycles. The molecule has 0 N–H and O–H groups in total. The van der Waals surface area contributed by atoms with Gasteiger partial charge >= 0.3 is 0 Å². The fraction of sp³-hybridized carbons (Fsp3) is 0.133. The zero-order valence-electron chi connectivity index (χ0n) is 10.8. The van der Waals surface area contributed by atoms with Crippen molar-refractivity contribution in [3.8, 4) is 5.75 Å². The first kappa shape index (κ1) is 13.4. The molecule has 0 spiro atoms. The molecule has 0 atom stereocenters. The molecule has 0 saturated heterocycles. The first-order valence-corrected chi connectivity index (χ1v) is 6.16. The monoisotopic (exact) mass is 275 g/mol. The maximum atomic E-state index is 11.1. The number of carbonyl (C=O) groups is 1. The van der Waals surface area contributed by atoms with Crippen molar-refractivity contribution in [1.82, 2.24) is 0 Å². The zero-order chi connectivity index (χ0) is 13.8. The van der Waals surface area contributed by atoms with Crippen LogP contribution in [0.1, 0.15) is 10.4 Å². The summed E-state index contributed by atoms with van der Waals surface area (Å²) in [5, 5.41) is 0.537. The van der Waals surface area contributed by atoms with Gasteiger partial charge in [0.25, 0.3) is 0 Å². The van der Waals surface area contributed by atoms with Gasteiger partial charge in [0.15, 0.2) is 6.29 Å². The number of rotatable bonds is 4. The van der Waals surface area contributed by atoms with Crippen molar-refractivity contribution in [3.63, 3.8) is 0 Å². The largest absolute Gasteiger partial charge is 0.497 e. The molecule has 4 heteroatoms. The van der Waals surface area contributed by atoms with E-state index in [0.29, 0.717) is 16.3 Å². The van der Waals surface area contributed by atoms with Crippen LogP contribution in [-0.4, -0.2) is 20.4 Å². The summed E-state index contributed by atoms with van der Waals surface area (Å²) in [5.74, 6) is 0.754. The van der Waals surface area contributed by atoms with Crippen LogP contribution < -0.4 is 9.64 Å². The average Bonchev–Trinajstić information content (AvgIpc) is 2.46. The summed E-state index contributed by atoms with van der Waals surface area (Å²) in [4.78, 5) is 13.0. The Bertz CT molecular complexity index is 598. The average molecular weight is 276 g/mol. The maximum Gasteiger partial charge on any atom is 0.152 e. The molecule has 19 heavy (non-hydrogen) atoms.